The van der Waals surface area contributed by atoms with Gasteiger partial charge in [-0.3, -0.25) is 0 Å². The number of aliphatic hydroxyl groups is 1. The molecule has 5 heteroatoms. The van der Waals surface area contributed by atoms with Crippen molar-refractivity contribution >= 4 is 0 Å². The number of benzene rings is 1. The summed E-state index contributed by atoms with van der Waals surface area (Å²) in [6.07, 6.45) is -1.67. The molecule has 2 fully saturated rings. The molecule has 5 atom stereocenters. The van der Waals surface area contributed by atoms with Crippen LogP contribution >= 0.6 is 0 Å². The molecule has 0 bridgehead atoms. The smallest absolute Gasteiger partial charge is 0.184 e. The lowest BCUT2D eigenvalue weighted by Gasteiger charge is -2.43. The SMILES string of the molecule is COC1CC(O)C2OC(c3ccccc3)OCC2O1. The number of ether oxygens (including phenoxy) is 4. The number of rotatable bonds is 2. The summed E-state index contributed by atoms with van der Waals surface area (Å²) in [6.45, 7) is 0.390. The van der Waals surface area contributed by atoms with E-state index >= 15 is 0 Å². The van der Waals surface area contributed by atoms with E-state index in [2.05, 4.69) is 0 Å². The van der Waals surface area contributed by atoms with Crippen LogP contribution in [0.1, 0.15) is 18.3 Å². The molecule has 0 saturated carbocycles. The highest BCUT2D eigenvalue weighted by Crippen LogP contribution is 2.33. The van der Waals surface area contributed by atoms with Crippen molar-refractivity contribution in [2.45, 2.75) is 37.3 Å². The van der Waals surface area contributed by atoms with Crippen molar-refractivity contribution in [1.29, 1.82) is 0 Å². The molecule has 1 aromatic carbocycles. The number of hydrogen-bond acceptors (Lipinski definition) is 5. The van der Waals surface area contributed by atoms with Crippen LogP contribution < -0.4 is 0 Å². The minimum Gasteiger partial charge on any atom is -0.390 e. The van der Waals surface area contributed by atoms with E-state index in [1.165, 1.54) is 0 Å². The summed E-state index contributed by atoms with van der Waals surface area (Å²) in [5.74, 6) is 0. The summed E-state index contributed by atoms with van der Waals surface area (Å²) >= 11 is 0. The Morgan fingerprint density at radius 3 is 2.74 bits per heavy atom. The maximum atomic E-state index is 10.1. The van der Waals surface area contributed by atoms with Gasteiger partial charge in [0.25, 0.3) is 0 Å². The zero-order valence-electron chi connectivity index (χ0n) is 10.8. The van der Waals surface area contributed by atoms with Crippen LogP contribution in [0.25, 0.3) is 0 Å². The van der Waals surface area contributed by atoms with Crippen molar-refractivity contribution in [3.05, 3.63) is 35.9 Å². The number of fused-ring (bicyclic) bond motifs is 1. The van der Waals surface area contributed by atoms with Crippen LogP contribution in [-0.2, 0) is 18.9 Å². The summed E-state index contributed by atoms with van der Waals surface area (Å²) in [7, 11) is 1.56. The minimum absolute atomic E-state index is 0.284. The van der Waals surface area contributed by atoms with E-state index in [9.17, 15) is 5.11 Å². The van der Waals surface area contributed by atoms with E-state index < -0.39 is 18.7 Å². The standard InChI is InChI=1S/C14H18O5/c1-16-12-7-10(15)13-11(18-12)8-17-14(19-13)9-5-3-2-4-6-9/h2-6,10-15H,7-8H2,1H3. The maximum Gasteiger partial charge on any atom is 0.184 e. The van der Waals surface area contributed by atoms with Crippen LogP contribution in [-0.4, -0.2) is 43.4 Å². The van der Waals surface area contributed by atoms with Crippen LogP contribution in [0.5, 0.6) is 0 Å². The molecule has 0 aromatic heterocycles. The van der Waals surface area contributed by atoms with Crippen molar-refractivity contribution in [3.63, 3.8) is 0 Å². The molecule has 104 valence electrons. The highest BCUT2D eigenvalue weighted by Gasteiger charge is 2.43. The van der Waals surface area contributed by atoms with E-state index in [4.69, 9.17) is 18.9 Å². The van der Waals surface area contributed by atoms with E-state index in [1.807, 2.05) is 30.3 Å². The van der Waals surface area contributed by atoms with E-state index in [0.717, 1.165) is 5.56 Å². The molecule has 5 nitrogen and oxygen atoms in total. The molecule has 2 aliphatic heterocycles. The van der Waals surface area contributed by atoms with Crippen LogP contribution in [0.2, 0.25) is 0 Å². The lowest BCUT2D eigenvalue weighted by Crippen LogP contribution is -2.55. The third kappa shape index (κ3) is 2.66. The molecule has 0 aliphatic carbocycles. The summed E-state index contributed by atoms with van der Waals surface area (Å²) in [6, 6.07) is 9.70. The fraction of sp³-hybridized carbons (Fsp3) is 0.571. The molecule has 0 radical (unpaired) electrons. The van der Waals surface area contributed by atoms with Crippen molar-refractivity contribution in [1.82, 2.24) is 0 Å². The summed E-state index contributed by atoms with van der Waals surface area (Å²) in [4.78, 5) is 0. The van der Waals surface area contributed by atoms with E-state index in [-0.39, 0.29) is 12.2 Å². The Balaban J connectivity index is 1.70. The molecule has 1 aromatic rings. The van der Waals surface area contributed by atoms with Crippen molar-refractivity contribution in [2.24, 2.45) is 0 Å². The van der Waals surface area contributed by atoms with Crippen LogP contribution in [0.4, 0.5) is 0 Å². The first-order chi connectivity index (χ1) is 9.28. The van der Waals surface area contributed by atoms with E-state index in [1.54, 1.807) is 7.11 Å². The van der Waals surface area contributed by atoms with Gasteiger partial charge in [-0.1, -0.05) is 30.3 Å². The molecular weight excluding hydrogens is 248 g/mol. The first-order valence-electron chi connectivity index (χ1n) is 6.46. The quantitative estimate of drug-likeness (QED) is 0.872. The Kier molecular flexibility index (Phi) is 3.81. The third-order valence-electron chi connectivity index (χ3n) is 3.53. The molecule has 1 N–H and O–H groups in total. The van der Waals surface area contributed by atoms with Crippen LogP contribution in [0, 0.1) is 0 Å². The van der Waals surface area contributed by atoms with Crippen LogP contribution in [0.3, 0.4) is 0 Å². The lowest BCUT2D eigenvalue weighted by molar-refractivity contribution is -0.334. The molecule has 2 heterocycles. The Bertz CT molecular complexity index is 410. The minimum atomic E-state index is -0.598. The fourth-order valence-corrected chi connectivity index (χ4v) is 2.52. The van der Waals surface area contributed by atoms with Gasteiger partial charge in [0.2, 0.25) is 0 Å². The second-order valence-electron chi connectivity index (χ2n) is 4.82. The van der Waals surface area contributed by atoms with Gasteiger partial charge in [0, 0.05) is 19.1 Å². The highest BCUT2D eigenvalue weighted by atomic mass is 16.7. The zero-order chi connectivity index (χ0) is 13.2. The van der Waals surface area contributed by atoms with Gasteiger partial charge in [-0.15, -0.1) is 0 Å². The van der Waals surface area contributed by atoms with Gasteiger partial charge < -0.3 is 24.1 Å². The van der Waals surface area contributed by atoms with Gasteiger partial charge >= 0.3 is 0 Å². The van der Waals surface area contributed by atoms with Crippen molar-refractivity contribution in [3.8, 4) is 0 Å². The second-order valence-corrected chi connectivity index (χ2v) is 4.82. The average molecular weight is 266 g/mol. The number of hydrogen-bond donors (Lipinski definition) is 1. The van der Waals surface area contributed by atoms with Gasteiger partial charge in [-0.05, 0) is 0 Å². The second kappa shape index (κ2) is 5.56. The predicted octanol–water partition coefficient (Wildman–Crippen LogP) is 1.22. The summed E-state index contributed by atoms with van der Waals surface area (Å²) < 4.78 is 22.3. The van der Waals surface area contributed by atoms with Crippen molar-refractivity contribution < 1.29 is 24.1 Å². The topological polar surface area (TPSA) is 57.2 Å². The average Bonchev–Trinajstić information content (AvgIpc) is 2.47. The molecule has 3 rings (SSSR count). The largest absolute Gasteiger partial charge is 0.390 e. The Labute approximate surface area is 112 Å². The molecule has 0 spiro atoms. The fourth-order valence-electron chi connectivity index (χ4n) is 2.52. The van der Waals surface area contributed by atoms with Gasteiger partial charge in [0.15, 0.2) is 12.6 Å². The Morgan fingerprint density at radius 1 is 1.21 bits per heavy atom. The first-order valence-corrected chi connectivity index (χ1v) is 6.46. The molecular formula is C14H18O5. The van der Waals surface area contributed by atoms with Gasteiger partial charge in [-0.2, -0.15) is 0 Å². The van der Waals surface area contributed by atoms with Gasteiger partial charge in [0.05, 0.1) is 12.7 Å². The molecule has 19 heavy (non-hydrogen) atoms. The van der Waals surface area contributed by atoms with Crippen molar-refractivity contribution in [2.75, 3.05) is 13.7 Å². The molecule has 0 amide bonds. The summed E-state index contributed by atoms with van der Waals surface area (Å²) in [5.41, 5.74) is 0.946. The first kappa shape index (κ1) is 13.0. The number of methoxy groups -OCH3 is 1. The number of aliphatic hydroxyl groups excluding tert-OH is 1. The Hall–Kier alpha value is -0.980. The predicted molar refractivity (Wildman–Crippen MR) is 66.3 cm³/mol. The monoisotopic (exact) mass is 266 g/mol. The lowest BCUT2D eigenvalue weighted by atomic mass is 10.0. The van der Waals surface area contributed by atoms with Crippen LogP contribution in [0.15, 0.2) is 30.3 Å². The van der Waals surface area contributed by atoms with Gasteiger partial charge in [0.1, 0.15) is 12.2 Å². The highest BCUT2D eigenvalue weighted by molar-refractivity contribution is 5.16. The van der Waals surface area contributed by atoms with E-state index in [0.29, 0.717) is 13.0 Å². The zero-order valence-corrected chi connectivity index (χ0v) is 10.8. The third-order valence-corrected chi connectivity index (χ3v) is 3.53. The molecule has 2 aliphatic rings. The molecule has 2 saturated heterocycles. The Morgan fingerprint density at radius 2 is 2.00 bits per heavy atom. The van der Waals surface area contributed by atoms with Gasteiger partial charge in [-0.25, -0.2) is 0 Å². The normalized spacial score (nSPS) is 38.7. The maximum absolute atomic E-state index is 10.1. The molecule has 5 unspecified atom stereocenters. The summed E-state index contributed by atoms with van der Waals surface area (Å²) in [5, 5.41) is 10.1.